The fraction of sp³-hybridized carbons (Fsp3) is 0.200. The van der Waals surface area contributed by atoms with Gasteiger partial charge in [0.1, 0.15) is 0 Å². The lowest BCUT2D eigenvalue weighted by atomic mass is 9.96. The zero-order valence-electron chi connectivity index (χ0n) is 14.5. The SMILES string of the molecule is O=S1(=O)c2ccccc2[C@H](O)[C@@H](Cc2ccncc2)N1Cc1cccnc1. The molecule has 0 spiro atoms. The fourth-order valence-electron chi connectivity index (χ4n) is 3.48. The van der Waals surface area contributed by atoms with Crippen molar-refractivity contribution in [2.45, 2.75) is 30.0 Å². The van der Waals surface area contributed by atoms with Crippen LogP contribution in [0.3, 0.4) is 0 Å². The highest BCUT2D eigenvalue weighted by Gasteiger charge is 2.43. The third-order valence-corrected chi connectivity index (χ3v) is 6.76. The quantitative estimate of drug-likeness (QED) is 0.750. The first-order valence-electron chi connectivity index (χ1n) is 8.64. The number of hydrogen-bond acceptors (Lipinski definition) is 5. The number of fused-ring (bicyclic) bond motifs is 1. The lowest BCUT2D eigenvalue weighted by molar-refractivity contribution is 0.0769. The van der Waals surface area contributed by atoms with Gasteiger partial charge in [-0.15, -0.1) is 0 Å². The number of rotatable bonds is 4. The molecule has 0 amide bonds. The lowest BCUT2D eigenvalue weighted by Crippen LogP contribution is -2.48. The first-order valence-corrected chi connectivity index (χ1v) is 10.1. The van der Waals surface area contributed by atoms with Gasteiger partial charge in [0, 0.05) is 36.9 Å². The van der Waals surface area contributed by atoms with Gasteiger partial charge in [-0.2, -0.15) is 4.31 Å². The van der Waals surface area contributed by atoms with Gasteiger partial charge in [0.2, 0.25) is 10.0 Å². The Morgan fingerprint density at radius 2 is 1.70 bits per heavy atom. The van der Waals surface area contributed by atoms with Gasteiger partial charge in [-0.05, 0) is 41.8 Å². The van der Waals surface area contributed by atoms with E-state index in [0.29, 0.717) is 12.0 Å². The van der Waals surface area contributed by atoms with Gasteiger partial charge >= 0.3 is 0 Å². The second-order valence-electron chi connectivity index (χ2n) is 6.52. The number of pyridine rings is 2. The van der Waals surface area contributed by atoms with Crippen LogP contribution < -0.4 is 0 Å². The second kappa shape index (κ2) is 7.19. The van der Waals surface area contributed by atoms with E-state index >= 15 is 0 Å². The van der Waals surface area contributed by atoms with Crippen molar-refractivity contribution in [3.8, 4) is 0 Å². The maximum absolute atomic E-state index is 13.3. The van der Waals surface area contributed by atoms with Crippen LogP contribution in [0.2, 0.25) is 0 Å². The Morgan fingerprint density at radius 3 is 2.44 bits per heavy atom. The molecule has 1 aromatic carbocycles. The summed E-state index contributed by atoms with van der Waals surface area (Å²) >= 11 is 0. The van der Waals surface area contributed by atoms with Crippen LogP contribution in [-0.4, -0.2) is 33.8 Å². The summed E-state index contributed by atoms with van der Waals surface area (Å²) in [6.45, 7) is 0.150. The third-order valence-electron chi connectivity index (χ3n) is 4.81. The second-order valence-corrected chi connectivity index (χ2v) is 8.38. The molecule has 2 atom stereocenters. The minimum Gasteiger partial charge on any atom is -0.387 e. The van der Waals surface area contributed by atoms with E-state index in [1.165, 1.54) is 4.31 Å². The molecule has 7 heteroatoms. The van der Waals surface area contributed by atoms with Crippen molar-refractivity contribution in [1.82, 2.24) is 14.3 Å². The molecule has 0 saturated carbocycles. The molecular weight excluding hydrogens is 362 g/mol. The van der Waals surface area contributed by atoms with E-state index in [0.717, 1.165) is 11.1 Å². The molecular formula is C20H19N3O3S. The molecule has 0 aliphatic carbocycles. The fourth-order valence-corrected chi connectivity index (χ4v) is 5.33. The Morgan fingerprint density at radius 1 is 0.926 bits per heavy atom. The summed E-state index contributed by atoms with van der Waals surface area (Å²) in [5.74, 6) is 0. The number of benzene rings is 1. The topological polar surface area (TPSA) is 83.4 Å². The van der Waals surface area contributed by atoms with Crippen LogP contribution in [-0.2, 0) is 23.0 Å². The van der Waals surface area contributed by atoms with Crippen LogP contribution in [0.4, 0.5) is 0 Å². The molecule has 1 N–H and O–H groups in total. The molecule has 138 valence electrons. The number of nitrogens with zero attached hydrogens (tertiary/aromatic N) is 3. The van der Waals surface area contributed by atoms with Gasteiger partial charge < -0.3 is 5.11 Å². The highest BCUT2D eigenvalue weighted by Crippen LogP contribution is 2.38. The van der Waals surface area contributed by atoms with Crippen molar-refractivity contribution in [3.63, 3.8) is 0 Å². The number of sulfonamides is 1. The zero-order chi connectivity index (χ0) is 18.9. The maximum Gasteiger partial charge on any atom is 0.244 e. The van der Waals surface area contributed by atoms with E-state index in [9.17, 15) is 13.5 Å². The molecule has 27 heavy (non-hydrogen) atoms. The van der Waals surface area contributed by atoms with Crippen molar-refractivity contribution < 1.29 is 13.5 Å². The summed E-state index contributed by atoms with van der Waals surface area (Å²) in [5.41, 5.74) is 2.13. The molecule has 3 aromatic rings. The van der Waals surface area contributed by atoms with Gasteiger partial charge in [-0.25, -0.2) is 8.42 Å². The van der Waals surface area contributed by atoms with E-state index in [1.54, 1.807) is 55.1 Å². The number of aliphatic hydroxyl groups excluding tert-OH is 1. The summed E-state index contributed by atoms with van der Waals surface area (Å²) in [4.78, 5) is 8.24. The smallest absolute Gasteiger partial charge is 0.244 e. The summed E-state index contributed by atoms with van der Waals surface area (Å²) in [5, 5.41) is 11.0. The zero-order valence-corrected chi connectivity index (χ0v) is 15.3. The summed E-state index contributed by atoms with van der Waals surface area (Å²) in [6.07, 6.45) is 6.09. The molecule has 1 aliphatic heterocycles. The average molecular weight is 381 g/mol. The van der Waals surface area contributed by atoms with Gasteiger partial charge in [-0.3, -0.25) is 9.97 Å². The molecule has 0 fully saturated rings. The largest absolute Gasteiger partial charge is 0.387 e. The van der Waals surface area contributed by atoms with E-state index in [-0.39, 0.29) is 11.4 Å². The lowest BCUT2D eigenvalue weighted by Gasteiger charge is -2.39. The Bertz CT molecular complexity index is 1030. The van der Waals surface area contributed by atoms with Crippen LogP contribution in [0.5, 0.6) is 0 Å². The summed E-state index contributed by atoms with van der Waals surface area (Å²) < 4.78 is 28.1. The summed E-state index contributed by atoms with van der Waals surface area (Å²) in [7, 11) is -3.75. The standard InChI is InChI=1S/C20H19N3O3S/c24-20-17-5-1-2-6-19(17)27(25,26)23(14-16-4-3-9-22-13-16)18(20)12-15-7-10-21-11-8-15/h1-11,13,18,20,24H,12,14H2/t18-,20+/m1/s1. The Labute approximate surface area is 158 Å². The highest BCUT2D eigenvalue weighted by atomic mass is 32.2. The van der Waals surface area contributed by atoms with Gasteiger partial charge in [-0.1, -0.05) is 24.3 Å². The predicted octanol–water partition coefficient (Wildman–Crippen LogP) is 2.33. The van der Waals surface area contributed by atoms with Crippen LogP contribution >= 0.6 is 0 Å². The van der Waals surface area contributed by atoms with Crippen molar-refractivity contribution in [3.05, 3.63) is 90.0 Å². The summed E-state index contributed by atoms with van der Waals surface area (Å²) in [6, 6.07) is 13.3. The van der Waals surface area contributed by atoms with Gasteiger partial charge in [0.05, 0.1) is 17.0 Å². The van der Waals surface area contributed by atoms with E-state index in [2.05, 4.69) is 9.97 Å². The predicted molar refractivity (Wildman–Crippen MR) is 100 cm³/mol. The van der Waals surface area contributed by atoms with Crippen molar-refractivity contribution >= 4 is 10.0 Å². The molecule has 0 radical (unpaired) electrons. The van der Waals surface area contributed by atoms with E-state index in [1.807, 2.05) is 18.2 Å². The van der Waals surface area contributed by atoms with Crippen molar-refractivity contribution in [1.29, 1.82) is 0 Å². The van der Waals surface area contributed by atoms with E-state index in [4.69, 9.17) is 0 Å². The molecule has 0 unspecified atom stereocenters. The van der Waals surface area contributed by atoms with Crippen molar-refractivity contribution in [2.75, 3.05) is 0 Å². The van der Waals surface area contributed by atoms with Crippen LogP contribution in [0.1, 0.15) is 22.8 Å². The molecule has 4 rings (SSSR count). The minimum atomic E-state index is -3.75. The van der Waals surface area contributed by atoms with Crippen LogP contribution in [0.25, 0.3) is 0 Å². The Hall–Kier alpha value is -2.61. The third kappa shape index (κ3) is 3.37. The van der Waals surface area contributed by atoms with E-state index < -0.39 is 22.2 Å². The molecule has 1 aliphatic rings. The molecule has 6 nitrogen and oxygen atoms in total. The number of hydrogen-bond donors (Lipinski definition) is 1. The Balaban J connectivity index is 1.80. The number of aromatic nitrogens is 2. The normalized spacial score (nSPS) is 21.5. The highest BCUT2D eigenvalue weighted by molar-refractivity contribution is 7.89. The number of aliphatic hydroxyl groups is 1. The monoisotopic (exact) mass is 381 g/mol. The maximum atomic E-state index is 13.3. The molecule has 0 bridgehead atoms. The van der Waals surface area contributed by atoms with Crippen LogP contribution in [0.15, 0.2) is 78.2 Å². The van der Waals surface area contributed by atoms with Crippen molar-refractivity contribution in [2.24, 2.45) is 0 Å². The van der Waals surface area contributed by atoms with Crippen LogP contribution in [0, 0.1) is 0 Å². The molecule has 3 heterocycles. The minimum absolute atomic E-state index is 0.150. The first-order chi connectivity index (χ1) is 13.1. The molecule has 2 aromatic heterocycles. The average Bonchev–Trinajstić information content (AvgIpc) is 2.71. The van der Waals surface area contributed by atoms with Gasteiger partial charge in [0.15, 0.2) is 0 Å². The Kier molecular flexibility index (Phi) is 4.73. The van der Waals surface area contributed by atoms with Gasteiger partial charge in [0.25, 0.3) is 0 Å². The first kappa shape index (κ1) is 17.8. The molecule has 0 saturated heterocycles.